The van der Waals surface area contributed by atoms with Crippen LogP contribution in [-0.2, 0) is 10.1 Å². The largest absolute Gasteiger partial charge is 4.00 e. The van der Waals surface area contributed by atoms with Crippen LogP contribution in [0.15, 0.2) is 23.1 Å². The number of carboxylic acid groups (broad SMARTS) is 6. The molecular weight excluding hydrogens is 646 g/mol. The van der Waals surface area contributed by atoms with Gasteiger partial charge in [0, 0.05) is 11.1 Å². The summed E-state index contributed by atoms with van der Waals surface area (Å²) in [6.07, 6.45) is -4.67. The predicted octanol–water partition coefficient (Wildman–Crippen LogP) is -13.6. The van der Waals surface area contributed by atoms with E-state index in [9.17, 15) is 28.2 Å². The van der Waals surface area contributed by atoms with Gasteiger partial charge < -0.3 is 49.8 Å². The summed E-state index contributed by atoms with van der Waals surface area (Å²) in [5.74, 6) is -3.68. The molecule has 17 heteroatoms. The summed E-state index contributed by atoms with van der Waals surface area (Å²) in [7, 11) is -4.61. The zero-order valence-electron chi connectivity index (χ0n) is 13.5. The van der Waals surface area contributed by atoms with Gasteiger partial charge in [0.25, 0.3) is 10.1 Å². The van der Waals surface area contributed by atoms with Gasteiger partial charge in [0.05, 0.1) is 16.8 Å². The molecule has 13 nitrogen and oxygen atoms in total. The van der Waals surface area contributed by atoms with Crippen molar-refractivity contribution in [3.05, 3.63) is 29.3 Å². The summed E-state index contributed by atoms with van der Waals surface area (Å²) < 4.78 is 30.0. The zero-order valence-corrected chi connectivity index (χ0v) is 24.4. The molecule has 0 radical (unpaired) electrons. The van der Waals surface area contributed by atoms with E-state index in [0.717, 1.165) is 6.07 Å². The standard InChI is InChI=1S/C8H6O7S.2CH2O3.2K.Pb/c9-7(10)5-2-1-4(16(13,14)15)3-6(5)8(11)12;2*2-1(3)4;;;/h1-3H,(H,9,10)(H,11,12)(H,13,14,15);2*(H2,2,3,4);;;/q;;;2*+1;+4/p-6. The molecule has 0 unspecified atom stereocenters. The fourth-order valence-corrected chi connectivity index (χ4v) is 1.54. The van der Waals surface area contributed by atoms with E-state index in [4.69, 9.17) is 34.6 Å². The van der Waals surface area contributed by atoms with Crippen LogP contribution < -0.4 is 133 Å². The van der Waals surface area contributed by atoms with Crippen LogP contribution in [0.3, 0.4) is 0 Å². The normalized spacial score (nSPS) is 8.33. The van der Waals surface area contributed by atoms with Gasteiger partial charge in [-0.05, 0) is 24.4 Å². The van der Waals surface area contributed by atoms with Crippen molar-refractivity contribution in [3.63, 3.8) is 0 Å². The number of carbonyl (C=O) groups is 4. The van der Waals surface area contributed by atoms with E-state index >= 15 is 0 Å². The molecular formula is C10H4K2O13PbS. The van der Waals surface area contributed by atoms with Crippen molar-refractivity contribution < 1.29 is 166 Å². The van der Waals surface area contributed by atoms with Gasteiger partial charge in [-0.15, -0.1) is 0 Å². The molecule has 0 aliphatic carbocycles. The van der Waals surface area contributed by atoms with Gasteiger partial charge in [-0.25, -0.2) is 0 Å². The molecule has 1 rings (SSSR count). The summed E-state index contributed by atoms with van der Waals surface area (Å²) in [6, 6.07) is 1.92. The van der Waals surface area contributed by atoms with Crippen molar-refractivity contribution in [2.45, 2.75) is 4.90 Å². The maximum absolute atomic E-state index is 10.7. The number of aromatic carboxylic acids is 2. The Morgan fingerprint density at radius 2 is 1.04 bits per heavy atom. The Bertz CT molecular complexity index is 729. The average molecular weight is 650 g/mol. The van der Waals surface area contributed by atoms with E-state index in [2.05, 4.69) is 0 Å². The molecule has 1 aromatic rings. The molecule has 27 heavy (non-hydrogen) atoms. The molecule has 0 fully saturated rings. The third kappa shape index (κ3) is 21.3. The molecule has 0 heterocycles. The molecule has 0 aliphatic heterocycles. The van der Waals surface area contributed by atoms with Crippen molar-refractivity contribution >= 4 is 61.7 Å². The fraction of sp³-hybridized carbons (Fsp3) is 0. The Balaban J connectivity index is -0.000000126. The molecule has 0 bridgehead atoms. The maximum atomic E-state index is 10.7. The van der Waals surface area contributed by atoms with Crippen molar-refractivity contribution in [1.29, 1.82) is 0 Å². The van der Waals surface area contributed by atoms with Gasteiger partial charge in [0.2, 0.25) is 0 Å². The monoisotopic (exact) mass is 650 g/mol. The molecule has 0 saturated carbocycles. The van der Waals surface area contributed by atoms with Gasteiger partial charge >= 0.3 is 130 Å². The fourth-order valence-electron chi connectivity index (χ4n) is 1.03. The Kier molecular flexibility index (Phi) is 26.8. The molecule has 0 spiro atoms. The number of carbonyl (C=O) groups excluding carboxylic acids is 4. The van der Waals surface area contributed by atoms with Crippen LogP contribution in [0, 0.1) is 0 Å². The van der Waals surface area contributed by atoms with E-state index in [0.29, 0.717) is 12.1 Å². The molecule has 0 amide bonds. The molecule has 1 aromatic carbocycles. The average Bonchev–Trinajstić information content (AvgIpc) is 2.35. The van der Waals surface area contributed by atoms with Crippen LogP contribution in [0.4, 0.5) is 9.59 Å². The van der Waals surface area contributed by atoms with Crippen LogP contribution in [0.5, 0.6) is 0 Å². The maximum Gasteiger partial charge on any atom is 4.00 e. The molecule has 0 saturated heterocycles. The van der Waals surface area contributed by atoms with Gasteiger partial charge in [0.1, 0.15) is 0 Å². The van der Waals surface area contributed by atoms with Crippen LogP contribution in [-0.4, -0.2) is 64.5 Å². The first kappa shape index (κ1) is 38.4. The first-order valence-corrected chi connectivity index (χ1v) is 6.44. The van der Waals surface area contributed by atoms with Gasteiger partial charge in [-0.1, -0.05) is 6.07 Å². The minimum Gasteiger partial charge on any atom is -0.652 e. The molecule has 0 atom stereocenters. The minimum absolute atomic E-state index is 0. The first-order chi connectivity index (χ1) is 10.7. The van der Waals surface area contributed by atoms with E-state index in [1.807, 2.05) is 0 Å². The molecule has 0 aliphatic rings. The van der Waals surface area contributed by atoms with Crippen molar-refractivity contribution in [1.82, 2.24) is 0 Å². The van der Waals surface area contributed by atoms with Crippen molar-refractivity contribution in [2.24, 2.45) is 0 Å². The number of rotatable bonds is 3. The smallest absolute Gasteiger partial charge is 0.652 e. The van der Waals surface area contributed by atoms with Crippen LogP contribution >= 0.6 is 0 Å². The predicted molar refractivity (Wildman–Crippen MR) is 61.5 cm³/mol. The van der Waals surface area contributed by atoms with Crippen LogP contribution in [0.1, 0.15) is 20.7 Å². The van der Waals surface area contributed by atoms with E-state index in [1.165, 1.54) is 0 Å². The summed E-state index contributed by atoms with van der Waals surface area (Å²) in [6.45, 7) is 0. The van der Waals surface area contributed by atoms with Crippen LogP contribution in [0.25, 0.3) is 0 Å². The summed E-state index contributed by atoms with van der Waals surface area (Å²) in [4.78, 5) is 36.9. The summed E-state index contributed by atoms with van der Waals surface area (Å²) in [5.41, 5.74) is -1.61. The first-order valence-electron chi connectivity index (χ1n) is 5.00. The van der Waals surface area contributed by atoms with Crippen LogP contribution in [0.2, 0.25) is 0 Å². The second-order valence-electron chi connectivity index (χ2n) is 3.26. The molecule has 134 valence electrons. The number of benzene rings is 1. The van der Waals surface area contributed by atoms with Crippen molar-refractivity contribution in [3.8, 4) is 0 Å². The number of hydrogen-bond acceptors (Lipinski definition) is 12. The summed E-state index contributed by atoms with van der Waals surface area (Å²) >= 11 is 0. The Labute approximate surface area is 256 Å². The molecule has 0 aromatic heterocycles. The third-order valence-corrected chi connectivity index (χ3v) is 2.58. The minimum atomic E-state index is -4.61. The van der Waals surface area contributed by atoms with E-state index in [-0.39, 0.29) is 130 Å². The third-order valence-electron chi connectivity index (χ3n) is 1.73. The zero-order chi connectivity index (χ0) is 19.7. The number of carboxylic acids is 2. The Hall–Kier alpha value is 0.805. The summed E-state index contributed by atoms with van der Waals surface area (Å²) in [5, 5.41) is 54.3. The number of hydrogen-bond donors (Lipinski definition) is 1. The van der Waals surface area contributed by atoms with Gasteiger partial charge in [0.15, 0.2) is 0 Å². The Morgan fingerprint density at radius 3 is 1.26 bits per heavy atom. The second-order valence-corrected chi connectivity index (χ2v) is 4.68. The SMILES string of the molecule is O=C([O-])[O-].O=C([O-])[O-].O=C([O-])c1ccc(S(=O)(=O)O)cc1C(=O)[O-].[K+].[K+].[Pb+4]. The van der Waals surface area contributed by atoms with Crippen molar-refractivity contribution in [2.75, 3.05) is 0 Å². The van der Waals surface area contributed by atoms with Gasteiger partial charge in [-0.3, -0.25) is 4.55 Å². The quantitative estimate of drug-likeness (QED) is 0.236. The topological polar surface area (TPSA) is 261 Å². The van der Waals surface area contributed by atoms with E-state index < -0.39 is 50.4 Å². The van der Waals surface area contributed by atoms with E-state index in [1.54, 1.807) is 0 Å². The Morgan fingerprint density at radius 1 is 0.741 bits per heavy atom. The van der Waals surface area contributed by atoms with Gasteiger partial charge in [-0.2, -0.15) is 8.42 Å². The second kappa shape index (κ2) is 18.8. The molecule has 1 N–H and O–H groups in total.